The summed E-state index contributed by atoms with van der Waals surface area (Å²) in [6.45, 7) is 0. The number of furan rings is 1. The highest BCUT2D eigenvalue weighted by molar-refractivity contribution is 5.78. The molecule has 1 aromatic heterocycles. The molecule has 0 amide bonds. The van der Waals surface area contributed by atoms with Crippen molar-refractivity contribution >= 4 is 11.0 Å². The lowest BCUT2D eigenvalue weighted by molar-refractivity contribution is 0.343. The Labute approximate surface area is 123 Å². The molecule has 5 atom stereocenters. The Morgan fingerprint density at radius 1 is 1.24 bits per heavy atom. The van der Waals surface area contributed by atoms with Gasteiger partial charge in [-0.3, -0.25) is 0 Å². The van der Waals surface area contributed by atoms with E-state index >= 15 is 0 Å². The zero-order chi connectivity index (χ0) is 14.1. The first-order valence-corrected chi connectivity index (χ1v) is 8.13. The molecule has 3 saturated carbocycles. The predicted molar refractivity (Wildman–Crippen MR) is 79.3 cm³/mol. The molecule has 1 aromatic carbocycles. The fraction of sp³-hybridized carbons (Fsp3) is 0.556. The molecule has 0 radical (unpaired) electrons. The van der Waals surface area contributed by atoms with E-state index in [-0.39, 0.29) is 11.9 Å². The number of para-hydroxylation sites is 1. The van der Waals surface area contributed by atoms with Crippen LogP contribution in [0.15, 0.2) is 28.7 Å². The quantitative estimate of drug-likeness (QED) is 0.917. The standard InChI is InChI=1S/C18H20FNO/c1-20-17(16-14-9-5-6-10(7-9)15(14)16)13-8-11-3-2-4-12(19)18(11)21-13/h2-4,8-10,14-17,20H,5-7H2,1H3. The van der Waals surface area contributed by atoms with Crippen LogP contribution in [-0.2, 0) is 0 Å². The van der Waals surface area contributed by atoms with Crippen molar-refractivity contribution in [2.45, 2.75) is 25.3 Å². The summed E-state index contributed by atoms with van der Waals surface area (Å²) in [6, 6.07) is 7.41. The maximum Gasteiger partial charge on any atom is 0.169 e. The van der Waals surface area contributed by atoms with Gasteiger partial charge in [-0.25, -0.2) is 4.39 Å². The van der Waals surface area contributed by atoms with Crippen molar-refractivity contribution in [2.75, 3.05) is 7.05 Å². The number of benzene rings is 1. The molecule has 0 saturated heterocycles. The van der Waals surface area contributed by atoms with Crippen molar-refractivity contribution in [2.24, 2.45) is 29.6 Å². The van der Waals surface area contributed by atoms with Crippen LogP contribution in [0.3, 0.4) is 0 Å². The third-order valence-corrected chi connectivity index (χ3v) is 6.31. The molecule has 5 unspecified atom stereocenters. The van der Waals surface area contributed by atoms with Crippen molar-refractivity contribution in [1.29, 1.82) is 0 Å². The highest BCUT2D eigenvalue weighted by Gasteiger charge is 2.67. The summed E-state index contributed by atoms with van der Waals surface area (Å²) in [6.07, 6.45) is 4.30. The fourth-order valence-electron chi connectivity index (χ4n) is 5.56. The Morgan fingerprint density at radius 2 is 2.00 bits per heavy atom. The predicted octanol–water partition coefficient (Wildman–Crippen LogP) is 4.12. The minimum atomic E-state index is -0.260. The van der Waals surface area contributed by atoms with E-state index < -0.39 is 0 Å². The summed E-state index contributed by atoms with van der Waals surface area (Å²) >= 11 is 0. The zero-order valence-electron chi connectivity index (χ0n) is 12.2. The van der Waals surface area contributed by atoms with Gasteiger partial charge in [-0.2, -0.15) is 0 Å². The Morgan fingerprint density at radius 3 is 2.67 bits per heavy atom. The number of rotatable bonds is 3. The third kappa shape index (κ3) is 1.56. The second kappa shape index (κ2) is 4.10. The summed E-state index contributed by atoms with van der Waals surface area (Å²) in [7, 11) is 2.00. The summed E-state index contributed by atoms with van der Waals surface area (Å²) in [5.74, 6) is 5.02. The largest absolute Gasteiger partial charge is 0.456 e. The summed E-state index contributed by atoms with van der Waals surface area (Å²) in [4.78, 5) is 0. The molecule has 3 heteroatoms. The molecular weight excluding hydrogens is 265 g/mol. The second-order valence-electron chi connectivity index (χ2n) is 7.14. The van der Waals surface area contributed by atoms with Crippen LogP contribution in [0, 0.1) is 35.4 Å². The Hall–Kier alpha value is -1.35. The number of fused-ring (bicyclic) bond motifs is 6. The first kappa shape index (κ1) is 12.2. The first-order valence-electron chi connectivity index (χ1n) is 8.13. The SMILES string of the molecule is CNC(c1cc2cccc(F)c2o1)C1C2C3CCC(C3)C21. The van der Waals surface area contributed by atoms with Gasteiger partial charge in [0.25, 0.3) is 0 Å². The number of hydrogen-bond acceptors (Lipinski definition) is 2. The number of halogens is 1. The molecule has 3 aliphatic carbocycles. The smallest absolute Gasteiger partial charge is 0.169 e. The molecule has 3 fully saturated rings. The molecule has 1 N–H and O–H groups in total. The van der Waals surface area contributed by atoms with Crippen molar-refractivity contribution in [3.63, 3.8) is 0 Å². The van der Waals surface area contributed by atoms with Crippen LogP contribution in [0.2, 0.25) is 0 Å². The highest BCUT2D eigenvalue weighted by Crippen LogP contribution is 2.72. The van der Waals surface area contributed by atoms with E-state index in [1.807, 2.05) is 19.2 Å². The van der Waals surface area contributed by atoms with Gasteiger partial charge in [0, 0.05) is 5.39 Å². The molecule has 2 aromatic rings. The molecular formula is C18H20FNO. The molecule has 110 valence electrons. The van der Waals surface area contributed by atoms with Gasteiger partial charge >= 0.3 is 0 Å². The molecule has 21 heavy (non-hydrogen) atoms. The van der Waals surface area contributed by atoms with Crippen LogP contribution < -0.4 is 5.32 Å². The molecule has 1 heterocycles. The molecule has 2 nitrogen and oxygen atoms in total. The van der Waals surface area contributed by atoms with Crippen LogP contribution in [0.5, 0.6) is 0 Å². The minimum absolute atomic E-state index is 0.246. The van der Waals surface area contributed by atoms with E-state index in [1.54, 1.807) is 6.07 Å². The van der Waals surface area contributed by atoms with Gasteiger partial charge in [0.1, 0.15) is 5.76 Å². The normalized spacial score (nSPS) is 37.9. The van der Waals surface area contributed by atoms with E-state index in [1.165, 1.54) is 25.3 Å². The minimum Gasteiger partial charge on any atom is -0.456 e. The maximum atomic E-state index is 13.8. The molecule has 0 aliphatic heterocycles. The van der Waals surface area contributed by atoms with Crippen molar-refractivity contribution in [1.82, 2.24) is 5.32 Å². The van der Waals surface area contributed by atoms with Gasteiger partial charge in [-0.05, 0) is 68.0 Å². The summed E-state index contributed by atoms with van der Waals surface area (Å²) in [5.41, 5.74) is 0.404. The monoisotopic (exact) mass is 285 g/mol. The van der Waals surface area contributed by atoms with E-state index in [9.17, 15) is 4.39 Å². The first-order chi connectivity index (χ1) is 10.3. The van der Waals surface area contributed by atoms with Crippen LogP contribution in [0.4, 0.5) is 4.39 Å². The Balaban J connectivity index is 1.51. The van der Waals surface area contributed by atoms with E-state index in [0.29, 0.717) is 11.5 Å². The zero-order valence-corrected chi connectivity index (χ0v) is 12.2. The lowest BCUT2D eigenvalue weighted by Gasteiger charge is -2.17. The van der Waals surface area contributed by atoms with E-state index in [2.05, 4.69) is 5.32 Å². The average molecular weight is 285 g/mol. The third-order valence-electron chi connectivity index (χ3n) is 6.31. The van der Waals surface area contributed by atoms with Gasteiger partial charge in [-0.15, -0.1) is 0 Å². The van der Waals surface area contributed by atoms with Gasteiger partial charge in [0.2, 0.25) is 0 Å². The van der Waals surface area contributed by atoms with Crippen molar-refractivity contribution < 1.29 is 8.81 Å². The van der Waals surface area contributed by atoms with Crippen molar-refractivity contribution in [3.8, 4) is 0 Å². The van der Waals surface area contributed by atoms with E-state index in [0.717, 1.165) is 34.8 Å². The molecule has 0 spiro atoms. The van der Waals surface area contributed by atoms with Crippen LogP contribution in [-0.4, -0.2) is 7.05 Å². The van der Waals surface area contributed by atoms with E-state index in [4.69, 9.17) is 4.42 Å². The van der Waals surface area contributed by atoms with Gasteiger partial charge in [0.05, 0.1) is 6.04 Å². The van der Waals surface area contributed by atoms with Gasteiger partial charge < -0.3 is 9.73 Å². The topological polar surface area (TPSA) is 25.2 Å². The van der Waals surface area contributed by atoms with Gasteiger partial charge in [0.15, 0.2) is 11.4 Å². The number of nitrogens with one attached hydrogen (secondary N) is 1. The van der Waals surface area contributed by atoms with Crippen LogP contribution >= 0.6 is 0 Å². The van der Waals surface area contributed by atoms with Gasteiger partial charge in [-0.1, -0.05) is 12.1 Å². The van der Waals surface area contributed by atoms with Crippen LogP contribution in [0.1, 0.15) is 31.1 Å². The fourth-order valence-corrected chi connectivity index (χ4v) is 5.56. The number of hydrogen-bond donors (Lipinski definition) is 1. The molecule has 2 bridgehead atoms. The Kier molecular flexibility index (Phi) is 2.38. The molecule has 5 rings (SSSR count). The Bertz CT molecular complexity index is 692. The molecule has 3 aliphatic rings. The highest BCUT2D eigenvalue weighted by atomic mass is 19.1. The maximum absolute atomic E-state index is 13.8. The van der Waals surface area contributed by atoms with Crippen LogP contribution in [0.25, 0.3) is 11.0 Å². The lowest BCUT2D eigenvalue weighted by Crippen LogP contribution is -2.21. The second-order valence-corrected chi connectivity index (χ2v) is 7.14. The summed E-state index contributed by atoms with van der Waals surface area (Å²) in [5, 5.41) is 4.32. The summed E-state index contributed by atoms with van der Waals surface area (Å²) < 4.78 is 19.7. The lowest BCUT2D eigenvalue weighted by atomic mass is 9.96. The van der Waals surface area contributed by atoms with Crippen molar-refractivity contribution in [3.05, 3.63) is 35.8 Å². The average Bonchev–Trinajstić information content (AvgIpc) is 2.86.